The van der Waals surface area contributed by atoms with Gasteiger partial charge in [-0.2, -0.15) is 5.10 Å². The highest BCUT2D eigenvalue weighted by Crippen LogP contribution is 2.40. The third kappa shape index (κ3) is 5.38. The number of hydrazone groups is 1. The van der Waals surface area contributed by atoms with Gasteiger partial charge in [-0.15, -0.1) is 0 Å². The molecule has 11 nitrogen and oxygen atoms in total. The maximum Gasteiger partial charge on any atom is 0.321 e. The lowest BCUT2D eigenvalue weighted by Gasteiger charge is -2.10. The van der Waals surface area contributed by atoms with Gasteiger partial charge in [-0.1, -0.05) is 23.7 Å². The average Bonchev–Trinajstić information content (AvgIpc) is 2.67. The molecule has 12 heteroatoms. The molecule has 0 aliphatic heterocycles. The molecule has 0 fully saturated rings. The van der Waals surface area contributed by atoms with Gasteiger partial charge in [0.2, 0.25) is 5.75 Å². The minimum atomic E-state index is -0.874. The van der Waals surface area contributed by atoms with Crippen molar-refractivity contribution in [3.05, 3.63) is 67.2 Å². The lowest BCUT2D eigenvalue weighted by atomic mass is 10.2. The van der Waals surface area contributed by atoms with E-state index in [4.69, 9.17) is 21.1 Å². The van der Waals surface area contributed by atoms with Crippen LogP contribution in [0.1, 0.15) is 5.56 Å². The summed E-state index contributed by atoms with van der Waals surface area (Å²) in [5.41, 5.74) is 1.61. The van der Waals surface area contributed by atoms with Gasteiger partial charge in [0, 0.05) is 5.02 Å². The third-order valence-corrected chi connectivity index (χ3v) is 3.52. The number of non-ortho nitro benzene ring substituents is 1. The first-order chi connectivity index (χ1) is 13.3. The van der Waals surface area contributed by atoms with Gasteiger partial charge in [-0.3, -0.25) is 25.0 Å². The minimum absolute atomic E-state index is 0.252. The summed E-state index contributed by atoms with van der Waals surface area (Å²) in [6.07, 6.45) is 1.36. The second kappa shape index (κ2) is 9.28. The number of carbonyl (C=O) groups excluding carboxylic acids is 1. The Hall–Kier alpha value is -3.73. The smallest absolute Gasteiger partial charge is 0.321 e. The Morgan fingerprint density at radius 1 is 1.21 bits per heavy atom. The molecule has 0 spiro atoms. The molecule has 28 heavy (non-hydrogen) atoms. The number of hydrogen-bond acceptors (Lipinski definition) is 8. The summed E-state index contributed by atoms with van der Waals surface area (Å²) in [5.74, 6) is -1.37. The van der Waals surface area contributed by atoms with Crippen LogP contribution in [0.2, 0.25) is 5.02 Å². The number of methoxy groups -OCH3 is 1. The number of nitro groups is 2. The van der Waals surface area contributed by atoms with Gasteiger partial charge in [0.25, 0.3) is 11.6 Å². The maximum atomic E-state index is 11.8. The van der Waals surface area contributed by atoms with Gasteiger partial charge in [-0.25, -0.2) is 5.43 Å². The molecule has 0 heterocycles. The summed E-state index contributed by atoms with van der Waals surface area (Å²) in [4.78, 5) is 32.2. The topological polar surface area (TPSA) is 146 Å². The number of nitrogens with one attached hydrogen (secondary N) is 1. The van der Waals surface area contributed by atoms with Crippen LogP contribution >= 0.6 is 11.6 Å². The van der Waals surface area contributed by atoms with Gasteiger partial charge in [-0.05, 0) is 17.7 Å². The number of amides is 1. The molecule has 1 N–H and O–H groups in total. The lowest BCUT2D eigenvalue weighted by Crippen LogP contribution is -2.25. The van der Waals surface area contributed by atoms with Crippen LogP contribution in [0.15, 0.2) is 41.5 Å². The van der Waals surface area contributed by atoms with Crippen molar-refractivity contribution in [1.29, 1.82) is 0 Å². The van der Waals surface area contributed by atoms with Crippen LogP contribution in [0, 0.1) is 20.2 Å². The fraction of sp³-hybridized carbons (Fsp3) is 0.125. The highest BCUT2D eigenvalue weighted by molar-refractivity contribution is 6.30. The summed E-state index contributed by atoms with van der Waals surface area (Å²) in [7, 11) is 1.16. The number of ether oxygens (including phenoxy) is 2. The van der Waals surface area contributed by atoms with Gasteiger partial charge >= 0.3 is 5.69 Å². The number of rotatable bonds is 8. The molecule has 2 aromatic carbocycles. The van der Waals surface area contributed by atoms with Crippen LogP contribution in [0.25, 0.3) is 0 Å². The largest absolute Gasteiger partial charge is 0.492 e. The number of nitrogens with zero attached hydrogens (tertiary/aromatic N) is 3. The van der Waals surface area contributed by atoms with Crippen LogP contribution in [-0.4, -0.2) is 35.7 Å². The second-order valence-electron chi connectivity index (χ2n) is 5.14. The maximum absolute atomic E-state index is 11.8. The van der Waals surface area contributed by atoms with Crippen molar-refractivity contribution in [2.75, 3.05) is 13.7 Å². The average molecular weight is 409 g/mol. The molecule has 0 unspecified atom stereocenters. The number of carbonyl (C=O) groups is 1. The van der Waals surface area contributed by atoms with Crippen molar-refractivity contribution in [3.63, 3.8) is 0 Å². The first-order valence-electron chi connectivity index (χ1n) is 7.53. The van der Waals surface area contributed by atoms with E-state index in [1.807, 2.05) is 0 Å². The molecule has 0 saturated carbocycles. The van der Waals surface area contributed by atoms with E-state index in [9.17, 15) is 25.0 Å². The highest BCUT2D eigenvalue weighted by Gasteiger charge is 2.27. The predicted octanol–water partition coefficient (Wildman–Crippen LogP) is 2.69. The van der Waals surface area contributed by atoms with Gasteiger partial charge in [0.15, 0.2) is 12.4 Å². The molecule has 2 aromatic rings. The number of hydrogen-bond donors (Lipinski definition) is 1. The summed E-state index contributed by atoms with van der Waals surface area (Å²) >= 11 is 5.76. The van der Waals surface area contributed by atoms with Gasteiger partial charge < -0.3 is 9.47 Å². The predicted molar refractivity (Wildman–Crippen MR) is 99.0 cm³/mol. The molecule has 2 rings (SSSR count). The van der Waals surface area contributed by atoms with Crippen molar-refractivity contribution < 1.29 is 24.1 Å². The molecular formula is C16H13ClN4O7. The van der Waals surface area contributed by atoms with Crippen LogP contribution < -0.4 is 14.9 Å². The third-order valence-electron chi connectivity index (χ3n) is 3.27. The first-order valence-corrected chi connectivity index (χ1v) is 7.90. The molecular weight excluding hydrogens is 396 g/mol. The Kier molecular flexibility index (Phi) is 6.82. The Morgan fingerprint density at radius 3 is 2.46 bits per heavy atom. The first kappa shape index (κ1) is 20.6. The zero-order chi connectivity index (χ0) is 20.7. The van der Waals surface area contributed by atoms with Crippen molar-refractivity contribution in [2.45, 2.75) is 0 Å². The van der Waals surface area contributed by atoms with E-state index in [0.29, 0.717) is 16.7 Å². The molecule has 0 saturated heterocycles. The second-order valence-corrected chi connectivity index (χ2v) is 5.58. The minimum Gasteiger partial charge on any atom is -0.492 e. The van der Waals surface area contributed by atoms with Crippen LogP contribution in [0.5, 0.6) is 11.5 Å². The lowest BCUT2D eigenvalue weighted by molar-refractivity contribution is -0.394. The van der Waals surface area contributed by atoms with Crippen LogP contribution in [0.4, 0.5) is 11.4 Å². The highest BCUT2D eigenvalue weighted by atomic mass is 35.5. The molecule has 0 aromatic heterocycles. The van der Waals surface area contributed by atoms with E-state index in [0.717, 1.165) is 13.2 Å². The summed E-state index contributed by atoms with van der Waals surface area (Å²) < 4.78 is 10.0. The monoisotopic (exact) mass is 408 g/mol. The number of benzene rings is 2. The Bertz CT molecular complexity index is 931. The van der Waals surface area contributed by atoms with Crippen molar-refractivity contribution in [2.24, 2.45) is 5.10 Å². The summed E-state index contributed by atoms with van der Waals surface area (Å²) in [6, 6.07) is 8.33. The molecule has 146 valence electrons. The van der Waals surface area contributed by atoms with E-state index in [1.54, 1.807) is 24.3 Å². The van der Waals surface area contributed by atoms with E-state index < -0.39 is 39.5 Å². The van der Waals surface area contributed by atoms with E-state index in [-0.39, 0.29) is 5.75 Å². The standard InChI is InChI=1S/C16H13ClN4O7/c1-27-14-7-12(20(23)24)6-13(21(25)26)16(14)28-9-15(22)19-18-8-10-2-4-11(17)5-3-10/h2-8H,9H2,1H3,(H,19,22). The van der Waals surface area contributed by atoms with Crippen molar-refractivity contribution in [1.82, 2.24) is 5.43 Å². The number of halogens is 1. The molecule has 0 radical (unpaired) electrons. The summed E-state index contributed by atoms with van der Waals surface area (Å²) in [5, 5.41) is 26.3. The van der Waals surface area contributed by atoms with Gasteiger partial charge in [0.05, 0.1) is 35.3 Å². The quantitative estimate of drug-likeness (QED) is 0.401. The number of nitro benzene ring substituents is 2. The molecule has 0 bridgehead atoms. The molecule has 1 amide bonds. The van der Waals surface area contributed by atoms with Crippen LogP contribution in [0.3, 0.4) is 0 Å². The van der Waals surface area contributed by atoms with E-state index >= 15 is 0 Å². The fourth-order valence-corrected chi connectivity index (χ4v) is 2.13. The Labute approximate surface area is 162 Å². The molecule has 0 atom stereocenters. The van der Waals surface area contributed by atoms with Crippen LogP contribution in [-0.2, 0) is 4.79 Å². The summed E-state index contributed by atoms with van der Waals surface area (Å²) in [6.45, 7) is -0.632. The van der Waals surface area contributed by atoms with E-state index in [1.165, 1.54) is 6.21 Å². The SMILES string of the molecule is COc1cc([N+](=O)[O-])cc([N+](=O)[O-])c1OCC(=O)NN=Cc1ccc(Cl)cc1. The zero-order valence-corrected chi connectivity index (χ0v) is 15.1. The van der Waals surface area contributed by atoms with Crippen molar-refractivity contribution in [3.8, 4) is 11.5 Å². The zero-order valence-electron chi connectivity index (χ0n) is 14.3. The Morgan fingerprint density at radius 2 is 1.89 bits per heavy atom. The van der Waals surface area contributed by atoms with E-state index in [2.05, 4.69) is 10.5 Å². The fourth-order valence-electron chi connectivity index (χ4n) is 2.01. The normalized spacial score (nSPS) is 10.5. The van der Waals surface area contributed by atoms with Crippen molar-refractivity contribution >= 4 is 35.1 Å². The molecule has 0 aliphatic carbocycles. The Balaban J connectivity index is 2.08. The molecule has 0 aliphatic rings. The van der Waals surface area contributed by atoms with Gasteiger partial charge in [0.1, 0.15) is 0 Å².